The van der Waals surface area contributed by atoms with E-state index in [4.69, 9.17) is 0 Å². The minimum atomic E-state index is 0.265. The largest absolute Gasteiger partial charge is 0.0617 e. The van der Waals surface area contributed by atoms with Crippen molar-refractivity contribution in [3.05, 3.63) is 106 Å². The van der Waals surface area contributed by atoms with E-state index in [2.05, 4.69) is 197 Å². The summed E-state index contributed by atoms with van der Waals surface area (Å²) in [7, 11) is 0. The molecule has 0 N–H and O–H groups in total. The van der Waals surface area contributed by atoms with Crippen molar-refractivity contribution in [2.45, 2.75) is 207 Å². The molecule has 3 rings (SSSR count). The van der Waals surface area contributed by atoms with E-state index in [1.165, 1.54) is 110 Å². The van der Waals surface area contributed by atoms with Gasteiger partial charge in [-0.1, -0.05) is 204 Å². The third kappa shape index (κ3) is 27.3. The first kappa shape index (κ1) is 49.7. The monoisotopic (exact) mass is 739 g/mol. The maximum Gasteiger partial charge on any atom is -0.0132 e. The van der Waals surface area contributed by atoms with Crippen LogP contribution in [-0.4, -0.2) is 0 Å². The summed E-state index contributed by atoms with van der Waals surface area (Å²) >= 11 is 0. The lowest BCUT2D eigenvalue weighted by atomic mass is 9.85. The van der Waals surface area contributed by atoms with E-state index in [1.807, 2.05) is 0 Å². The fraction of sp³-hybridized carbons (Fsp3) is 0.667. The van der Waals surface area contributed by atoms with Gasteiger partial charge < -0.3 is 0 Å². The van der Waals surface area contributed by atoms with Gasteiger partial charge in [0.2, 0.25) is 0 Å². The van der Waals surface area contributed by atoms with Gasteiger partial charge in [-0.2, -0.15) is 0 Å². The van der Waals surface area contributed by atoms with Crippen LogP contribution in [0.5, 0.6) is 0 Å². The summed E-state index contributed by atoms with van der Waals surface area (Å²) in [5.74, 6) is 0. The predicted molar refractivity (Wildman–Crippen MR) is 246 cm³/mol. The number of benzene rings is 3. The molecule has 3 aromatic rings. The van der Waals surface area contributed by atoms with E-state index in [-0.39, 0.29) is 5.41 Å². The quantitative estimate of drug-likeness (QED) is 0.162. The van der Waals surface area contributed by atoms with Crippen molar-refractivity contribution in [1.82, 2.24) is 0 Å². The average Bonchev–Trinajstić information content (AvgIpc) is 2.99. The molecule has 0 saturated heterocycles. The second-order valence-electron chi connectivity index (χ2n) is 23.6. The molecule has 0 aliphatic rings. The lowest BCUT2D eigenvalue weighted by Crippen LogP contribution is -2.11. The highest BCUT2D eigenvalue weighted by Gasteiger charge is 2.15. The smallest absolute Gasteiger partial charge is 0.0132 e. The molecule has 0 heteroatoms. The number of hydrogen-bond acceptors (Lipinski definition) is 0. The lowest BCUT2D eigenvalue weighted by molar-refractivity contribution is 0.360. The Morgan fingerprint density at radius 3 is 1.09 bits per heavy atom. The molecule has 0 bridgehead atoms. The molecule has 54 heavy (non-hydrogen) atoms. The van der Waals surface area contributed by atoms with E-state index in [1.54, 1.807) is 0 Å². The van der Waals surface area contributed by atoms with E-state index in [9.17, 15) is 0 Å². The highest BCUT2D eigenvalue weighted by molar-refractivity contribution is 5.29. The van der Waals surface area contributed by atoms with Gasteiger partial charge in [0.15, 0.2) is 0 Å². The summed E-state index contributed by atoms with van der Waals surface area (Å²) in [5, 5.41) is 0. The first-order valence-corrected chi connectivity index (χ1v) is 21.7. The molecule has 0 nitrogen and oxygen atoms in total. The van der Waals surface area contributed by atoms with Gasteiger partial charge in [0.25, 0.3) is 0 Å². The summed E-state index contributed by atoms with van der Waals surface area (Å²) < 4.78 is 0. The minimum Gasteiger partial charge on any atom is -0.0617 e. The van der Waals surface area contributed by atoms with Crippen molar-refractivity contribution in [3.63, 3.8) is 0 Å². The summed E-state index contributed by atoms with van der Waals surface area (Å²) in [6.45, 7) is 41.6. The van der Waals surface area contributed by atoms with E-state index < -0.39 is 0 Å². The van der Waals surface area contributed by atoms with Gasteiger partial charge in [-0.3, -0.25) is 0 Å². The maximum absolute atomic E-state index is 2.40. The van der Waals surface area contributed by atoms with Gasteiger partial charge in [-0.05, 0) is 136 Å². The molecule has 0 spiro atoms. The molecule has 0 amide bonds. The molecule has 306 valence electrons. The molecule has 0 aliphatic heterocycles. The molecule has 0 atom stereocenters. The molecular weight excluding hydrogens is 649 g/mol. The Kier molecular flexibility index (Phi) is 20.1. The summed E-state index contributed by atoms with van der Waals surface area (Å²) in [5.41, 5.74) is 11.4. The Morgan fingerprint density at radius 1 is 0.315 bits per heavy atom. The van der Waals surface area contributed by atoms with Crippen LogP contribution in [0.1, 0.15) is 203 Å². The number of aryl methyl sites for hydroxylation is 4. The molecule has 0 saturated carbocycles. The van der Waals surface area contributed by atoms with E-state index in [0.717, 1.165) is 0 Å². The zero-order chi connectivity index (χ0) is 41.4. The van der Waals surface area contributed by atoms with Crippen molar-refractivity contribution >= 4 is 0 Å². The fourth-order valence-corrected chi connectivity index (χ4v) is 6.49. The number of hydrogen-bond donors (Lipinski definition) is 0. The zero-order valence-corrected chi connectivity index (χ0v) is 39.4. The zero-order valence-electron chi connectivity index (χ0n) is 39.4. The third-order valence-electron chi connectivity index (χ3n) is 9.87. The van der Waals surface area contributed by atoms with Crippen LogP contribution < -0.4 is 0 Å². The molecular formula is C54H90. The second-order valence-corrected chi connectivity index (χ2v) is 23.6. The van der Waals surface area contributed by atoms with Crippen LogP contribution >= 0.6 is 0 Å². The topological polar surface area (TPSA) is 0 Å². The number of rotatable bonds is 12. The Labute approximate surface area is 339 Å². The van der Waals surface area contributed by atoms with Crippen molar-refractivity contribution in [2.24, 2.45) is 27.1 Å². The van der Waals surface area contributed by atoms with Crippen molar-refractivity contribution in [2.75, 3.05) is 0 Å². The normalized spacial score (nSPS) is 12.8. The Morgan fingerprint density at radius 2 is 0.667 bits per heavy atom. The van der Waals surface area contributed by atoms with Gasteiger partial charge >= 0.3 is 0 Å². The molecule has 0 aliphatic carbocycles. The van der Waals surface area contributed by atoms with Crippen LogP contribution in [0, 0.1) is 27.1 Å². The van der Waals surface area contributed by atoms with Crippen molar-refractivity contribution < 1.29 is 0 Å². The Balaban J connectivity index is 0.000000405. The van der Waals surface area contributed by atoms with Gasteiger partial charge in [0.1, 0.15) is 0 Å². The first-order valence-electron chi connectivity index (χ1n) is 21.7. The van der Waals surface area contributed by atoms with E-state index >= 15 is 0 Å². The Bertz CT molecular complexity index is 1410. The van der Waals surface area contributed by atoms with Crippen LogP contribution in [0.2, 0.25) is 0 Å². The molecule has 0 fully saturated rings. The van der Waals surface area contributed by atoms with Gasteiger partial charge in [-0.25, -0.2) is 0 Å². The third-order valence-corrected chi connectivity index (χ3v) is 9.87. The van der Waals surface area contributed by atoms with Crippen molar-refractivity contribution in [1.29, 1.82) is 0 Å². The predicted octanol–water partition coefficient (Wildman–Crippen LogP) is 17.0. The van der Waals surface area contributed by atoms with Gasteiger partial charge in [0, 0.05) is 0 Å². The minimum absolute atomic E-state index is 0.265. The molecule has 0 radical (unpaired) electrons. The summed E-state index contributed by atoms with van der Waals surface area (Å²) in [6, 6.07) is 27.4. The average molecular weight is 739 g/mol. The second kappa shape index (κ2) is 21.8. The SMILES string of the molecule is CC(C)(C)CCCCc1cccc(C(C)(C)C)c1.CC(C)(C)CCCc1cccc(CC(C)(C)C)c1.CC(C)(C)CCc1cccc(CCC(C)(C)C)c1. The molecule has 0 unspecified atom stereocenters. The first-order chi connectivity index (χ1) is 24.5. The molecule has 3 aromatic carbocycles. The highest BCUT2D eigenvalue weighted by atomic mass is 14.2. The summed E-state index contributed by atoms with van der Waals surface area (Å²) in [4.78, 5) is 0. The lowest BCUT2D eigenvalue weighted by Gasteiger charge is -2.20. The van der Waals surface area contributed by atoms with Gasteiger partial charge in [0.05, 0.1) is 0 Å². The van der Waals surface area contributed by atoms with Crippen LogP contribution in [0.25, 0.3) is 0 Å². The Hall–Kier alpha value is -2.34. The summed E-state index contributed by atoms with van der Waals surface area (Å²) in [6.07, 6.45) is 15.1. The van der Waals surface area contributed by atoms with Gasteiger partial charge in [-0.15, -0.1) is 0 Å². The maximum atomic E-state index is 2.40. The fourth-order valence-electron chi connectivity index (χ4n) is 6.49. The standard InChI is InChI=1S/3C18H30/c1-17(2,3)12-8-11-15-9-7-10-16(13-15)14-18(4,5)6;1-17(2,3)13-8-7-10-15-11-9-12-16(14-15)18(4,5)6;1-17(2,3)12-10-15-8-7-9-16(14-15)11-13-18(4,5)6/h7,9-10,13H,8,11-12,14H2,1-6H3;9,11-12,14H,7-8,10,13H2,1-6H3;7-9,14H,10-13H2,1-6H3. The number of unbranched alkanes of at least 4 members (excludes halogenated alkanes) is 1. The van der Waals surface area contributed by atoms with E-state index in [0.29, 0.717) is 27.1 Å². The van der Waals surface area contributed by atoms with Crippen molar-refractivity contribution in [3.8, 4) is 0 Å². The highest BCUT2D eigenvalue weighted by Crippen LogP contribution is 2.27. The molecule has 0 aromatic heterocycles. The van der Waals surface area contributed by atoms with Crippen LogP contribution in [0.15, 0.2) is 72.8 Å². The van der Waals surface area contributed by atoms with Crippen LogP contribution in [0.3, 0.4) is 0 Å². The molecule has 0 heterocycles. The van der Waals surface area contributed by atoms with Crippen LogP contribution in [0.4, 0.5) is 0 Å². The van der Waals surface area contributed by atoms with Crippen LogP contribution in [-0.2, 0) is 37.5 Å².